The van der Waals surface area contributed by atoms with E-state index in [2.05, 4.69) is 92.1 Å². The van der Waals surface area contributed by atoms with Crippen LogP contribution in [-0.2, 0) is 4.79 Å². The summed E-state index contributed by atoms with van der Waals surface area (Å²) in [5.41, 5.74) is 0. The Morgan fingerprint density at radius 3 is 0.835 bits per heavy atom. The van der Waals surface area contributed by atoms with Gasteiger partial charge in [0, 0.05) is 6.42 Å². The minimum atomic E-state index is -0.664. The van der Waals surface area contributed by atoms with E-state index in [4.69, 9.17) is 0 Å². The van der Waals surface area contributed by atoms with Gasteiger partial charge in [-0.25, -0.2) is 0 Å². The van der Waals surface area contributed by atoms with Crippen molar-refractivity contribution in [3.8, 4) is 0 Å². The van der Waals surface area contributed by atoms with Gasteiger partial charge in [-0.1, -0.05) is 382 Å². The first-order valence-corrected chi connectivity index (χ1v) is 35.6. The van der Waals surface area contributed by atoms with Crippen molar-refractivity contribution >= 4 is 5.91 Å². The molecule has 0 radical (unpaired) electrons. The summed E-state index contributed by atoms with van der Waals surface area (Å²) in [7, 11) is 0. The summed E-state index contributed by atoms with van der Waals surface area (Å²) in [6.07, 6.45) is 101. The topological polar surface area (TPSA) is 69.6 Å². The van der Waals surface area contributed by atoms with Crippen LogP contribution >= 0.6 is 0 Å². The maximum Gasteiger partial charge on any atom is 0.220 e. The molecular formula is C75H139NO3. The van der Waals surface area contributed by atoms with Gasteiger partial charge >= 0.3 is 0 Å². The molecule has 0 rings (SSSR count). The van der Waals surface area contributed by atoms with Crippen LogP contribution in [0.15, 0.2) is 72.9 Å². The number of rotatable bonds is 66. The van der Waals surface area contributed by atoms with Gasteiger partial charge in [-0.3, -0.25) is 4.79 Å². The van der Waals surface area contributed by atoms with Crippen LogP contribution in [0.3, 0.4) is 0 Å². The van der Waals surface area contributed by atoms with Crippen LogP contribution in [0.4, 0.5) is 0 Å². The molecule has 0 heterocycles. The highest BCUT2D eigenvalue weighted by atomic mass is 16.3. The first-order valence-electron chi connectivity index (χ1n) is 35.6. The van der Waals surface area contributed by atoms with Gasteiger partial charge in [0.15, 0.2) is 0 Å². The Labute approximate surface area is 495 Å². The van der Waals surface area contributed by atoms with Gasteiger partial charge in [0.2, 0.25) is 5.91 Å². The van der Waals surface area contributed by atoms with Crippen LogP contribution in [0.1, 0.15) is 380 Å². The van der Waals surface area contributed by atoms with Crippen molar-refractivity contribution in [2.75, 3.05) is 6.61 Å². The number of hydrogen-bond donors (Lipinski definition) is 3. The maximum atomic E-state index is 12.6. The Morgan fingerprint density at radius 2 is 0.557 bits per heavy atom. The third kappa shape index (κ3) is 66.5. The molecule has 0 aromatic rings. The van der Waals surface area contributed by atoms with Crippen molar-refractivity contribution in [1.82, 2.24) is 5.32 Å². The Kier molecular flexibility index (Phi) is 68.2. The second-order valence-electron chi connectivity index (χ2n) is 24.3. The number of unbranched alkanes of at least 4 members (excludes halogenated alkanes) is 47. The molecule has 2 atom stereocenters. The second kappa shape index (κ2) is 70.1. The summed E-state index contributed by atoms with van der Waals surface area (Å²) in [6.45, 7) is 4.28. The Balaban J connectivity index is 3.42. The van der Waals surface area contributed by atoms with Crippen molar-refractivity contribution in [3.63, 3.8) is 0 Å². The van der Waals surface area contributed by atoms with Crippen LogP contribution in [0.2, 0.25) is 0 Å². The van der Waals surface area contributed by atoms with Gasteiger partial charge in [-0.15, -0.1) is 0 Å². The molecule has 0 aromatic carbocycles. The van der Waals surface area contributed by atoms with Gasteiger partial charge < -0.3 is 15.5 Å². The molecular weight excluding hydrogens is 963 g/mol. The summed E-state index contributed by atoms with van der Waals surface area (Å²) >= 11 is 0. The average Bonchev–Trinajstić information content (AvgIpc) is 3.45. The lowest BCUT2D eigenvalue weighted by Crippen LogP contribution is -2.45. The minimum absolute atomic E-state index is 0.0269. The zero-order chi connectivity index (χ0) is 56.9. The number of carbonyl (C=O) groups excluding carboxylic acids is 1. The summed E-state index contributed by atoms with van der Waals surface area (Å²) in [5, 5.41) is 23.5. The molecule has 4 heteroatoms. The highest BCUT2D eigenvalue weighted by Gasteiger charge is 2.20. The second-order valence-corrected chi connectivity index (χ2v) is 24.3. The Hall–Kier alpha value is -2.17. The molecule has 462 valence electrons. The number of allylic oxidation sites excluding steroid dienone is 12. The van der Waals surface area contributed by atoms with Gasteiger partial charge in [-0.05, 0) is 64.2 Å². The molecule has 4 nitrogen and oxygen atoms in total. The first-order chi connectivity index (χ1) is 39.2. The highest BCUT2D eigenvalue weighted by Crippen LogP contribution is 2.19. The van der Waals surface area contributed by atoms with E-state index in [0.29, 0.717) is 12.8 Å². The summed E-state index contributed by atoms with van der Waals surface area (Å²) in [6, 6.07) is -0.541. The van der Waals surface area contributed by atoms with Crippen LogP contribution in [0.5, 0.6) is 0 Å². The molecule has 0 aromatic heterocycles. The van der Waals surface area contributed by atoms with E-state index in [0.717, 1.165) is 64.2 Å². The van der Waals surface area contributed by atoms with E-state index in [1.165, 1.54) is 289 Å². The number of aliphatic hydroxyl groups excluding tert-OH is 2. The summed E-state index contributed by atoms with van der Waals surface area (Å²) in [5.74, 6) is -0.0269. The molecule has 2 unspecified atom stereocenters. The normalized spacial score (nSPS) is 13.1. The first kappa shape index (κ1) is 76.8. The number of aliphatic hydroxyl groups is 2. The predicted molar refractivity (Wildman–Crippen MR) is 354 cm³/mol. The van der Waals surface area contributed by atoms with E-state index in [1.54, 1.807) is 0 Å². The molecule has 0 saturated carbocycles. The van der Waals surface area contributed by atoms with E-state index in [1.807, 2.05) is 0 Å². The van der Waals surface area contributed by atoms with Crippen molar-refractivity contribution in [3.05, 3.63) is 72.9 Å². The van der Waals surface area contributed by atoms with E-state index in [-0.39, 0.29) is 12.5 Å². The highest BCUT2D eigenvalue weighted by molar-refractivity contribution is 5.76. The fourth-order valence-electron chi connectivity index (χ4n) is 11.1. The fourth-order valence-corrected chi connectivity index (χ4v) is 11.1. The standard InChI is InChI=1S/C75H139NO3/c1-3-5-7-9-11-13-15-17-19-21-23-25-27-29-31-33-35-37-38-39-41-43-45-47-49-51-53-55-57-59-61-63-65-67-69-71-75(79)76-73(72-77)74(78)70-68-66-64-62-60-58-56-54-52-50-48-46-44-42-40-36-34-32-30-28-26-24-22-20-18-16-14-12-10-8-6-4-2/h5,7,11,13,17,19,23,25,29,31,35,37,73-74,77-78H,3-4,6,8-10,12,14-16,18,20-22,24,26-28,30,32-34,36,38-72H2,1-2H3,(H,76,79)/b7-5-,13-11-,19-17-,25-23-,31-29-,37-35-. The molecule has 0 bridgehead atoms. The van der Waals surface area contributed by atoms with Crippen molar-refractivity contribution in [2.45, 2.75) is 392 Å². The van der Waals surface area contributed by atoms with Crippen LogP contribution in [0.25, 0.3) is 0 Å². The smallest absolute Gasteiger partial charge is 0.220 e. The third-order valence-electron chi connectivity index (χ3n) is 16.5. The van der Waals surface area contributed by atoms with E-state index < -0.39 is 12.1 Å². The lowest BCUT2D eigenvalue weighted by atomic mass is 10.0. The monoisotopic (exact) mass is 1100 g/mol. The third-order valence-corrected chi connectivity index (χ3v) is 16.5. The molecule has 0 saturated heterocycles. The minimum Gasteiger partial charge on any atom is -0.394 e. The molecule has 3 N–H and O–H groups in total. The molecule has 79 heavy (non-hydrogen) atoms. The summed E-state index contributed by atoms with van der Waals surface area (Å²) in [4.78, 5) is 12.6. The van der Waals surface area contributed by atoms with Gasteiger partial charge in [0.1, 0.15) is 0 Å². The van der Waals surface area contributed by atoms with E-state index >= 15 is 0 Å². The van der Waals surface area contributed by atoms with Crippen molar-refractivity contribution in [1.29, 1.82) is 0 Å². The fraction of sp³-hybridized carbons (Fsp3) is 0.827. The van der Waals surface area contributed by atoms with Crippen LogP contribution in [-0.4, -0.2) is 34.9 Å². The molecule has 1 amide bonds. The molecule has 0 spiro atoms. The van der Waals surface area contributed by atoms with Gasteiger partial charge in [0.05, 0.1) is 18.8 Å². The van der Waals surface area contributed by atoms with Crippen molar-refractivity contribution < 1.29 is 15.0 Å². The van der Waals surface area contributed by atoms with Crippen molar-refractivity contribution in [2.24, 2.45) is 0 Å². The van der Waals surface area contributed by atoms with Crippen LogP contribution < -0.4 is 5.32 Å². The predicted octanol–water partition coefficient (Wildman–Crippen LogP) is 24.4. The Morgan fingerprint density at radius 1 is 0.316 bits per heavy atom. The quantitative estimate of drug-likeness (QED) is 0.0420. The van der Waals surface area contributed by atoms with Crippen LogP contribution in [0, 0.1) is 0 Å². The molecule has 0 aliphatic carbocycles. The van der Waals surface area contributed by atoms with Gasteiger partial charge in [-0.2, -0.15) is 0 Å². The van der Waals surface area contributed by atoms with Gasteiger partial charge in [0.25, 0.3) is 0 Å². The maximum absolute atomic E-state index is 12.6. The zero-order valence-electron chi connectivity index (χ0n) is 53.4. The number of nitrogens with one attached hydrogen (secondary N) is 1. The SMILES string of the molecule is CC/C=C\C/C=C\C/C=C\C/C=C\C/C=C\C/C=C\CCCCCCCCCCCCCCCCCCC(=O)NC(CO)C(O)CCCCCCCCCCCCCCCCCCCCCCCCCCCCCCCCCC. The molecule has 0 fully saturated rings. The number of amides is 1. The lowest BCUT2D eigenvalue weighted by Gasteiger charge is -2.22. The molecule has 0 aliphatic heterocycles. The lowest BCUT2D eigenvalue weighted by molar-refractivity contribution is -0.123. The molecule has 0 aliphatic rings. The number of carbonyl (C=O) groups is 1. The van der Waals surface area contributed by atoms with E-state index in [9.17, 15) is 15.0 Å². The zero-order valence-corrected chi connectivity index (χ0v) is 53.4. The Bertz CT molecular complexity index is 1340. The largest absolute Gasteiger partial charge is 0.394 e. The number of hydrogen-bond acceptors (Lipinski definition) is 3. The summed E-state index contributed by atoms with van der Waals surface area (Å²) < 4.78 is 0. The average molecular weight is 1100 g/mol.